The third-order valence-corrected chi connectivity index (χ3v) is 7.53. The highest BCUT2D eigenvalue weighted by Gasteiger charge is 2.18. The molecule has 0 aliphatic carbocycles. The molecule has 0 bridgehead atoms. The molecule has 0 amide bonds. The van der Waals surface area contributed by atoms with Crippen molar-refractivity contribution in [3.8, 4) is 0 Å². The maximum Gasteiger partial charge on any atom is 0.186 e. The van der Waals surface area contributed by atoms with Crippen LogP contribution in [0.4, 0.5) is 0 Å². The van der Waals surface area contributed by atoms with Gasteiger partial charge in [-0.05, 0) is 25.1 Å². The number of unbranched alkanes of at least 4 members (excludes halogenated alkanes) is 11. The van der Waals surface area contributed by atoms with Crippen molar-refractivity contribution in [1.82, 2.24) is 0 Å². The molecule has 0 heterocycles. The Morgan fingerprint density at radius 1 is 0.636 bits per heavy atom. The molecule has 134 valence electrons. The molecule has 22 heavy (non-hydrogen) atoms. The number of hydrogen-bond acceptors (Lipinski definition) is 1. The molecule has 0 spiro atoms. The summed E-state index contributed by atoms with van der Waals surface area (Å²) in [5.41, 5.74) is 0. The van der Waals surface area contributed by atoms with Crippen LogP contribution in [0.3, 0.4) is 0 Å². The van der Waals surface area contributed by atoms with Crippen molar-refractivity contribution in [2.45, 2.75) is 116 Å². The van der Waals surface area contributed by atoms with Crippen molar-refractivity contribution in [2.75, 3.05) is 7.11 Å². The Balaban J connectivity index is 3.09. The van der Waals surface area contributed by atoms with Crippen molar-refractivity contribution in [1.29, 1.82) is 0 Å². The van der Waals surface area contributed by atoms with E-state index in [1.54, 1.807) is 0 Å². The Morgan fingerprint density at radius 2 is 1.00 bits per heavy atom. The van der Waals surface area contributed by atoms with Crippen molar-refractivity contribution < 1.29 is 4.43 Å². The molecule has 0 aromatic carbocycles. The fraction of sp³-hybridized carbons (Fsp3) is 1.00. The Labute approximate surface area is 142 Å². The van der Waals surface area contributed by atoms with Crippen LogP contribution in [-0.2, 0) is 4.43 Å². The van der Waals surface area contributed by atoms with Gasteiger partial charge in [0.05, 0.1) is 0 Å². The monoisotopic (exact) mass is 328 g/mol. The molecule has 0 aromatic rings. The van der Waals surface area contributed by atoms with Crippen molar-refractivity contribution >= 4 is 8.32 Å². The largest absolute Gasteiger partial charge is 0.420 e. The summed E-state index contributed by atoms with van der Waals surface area (Å²) in [4.78, 5) is 0. The van der Waals surface area contributed by atoms with Crippen LogP contribution in [-0.4, -0.2) is 15.4 Å². The average molecular weight is 329 g/mol. The van der Waals surface area contributed by atoms with Crippen molar-refractivity contribution in [3.05, 3.63) is 0 Å². The molecule has 0 aromatic heterocycles. The number of hydrogen-bond donors (Lipinski definition) is 0. The Bertz CT molecular complexity index is 226. The van der Waals surface area contributed by atoms with Gasteiger partial charge in [-0.2, -0.15) is 0 Å². The molecule has 0 atom stereocenters. The first-order chi connectivity index (χ1) is 10.5. The fourth-order valence-corrected chi connectivity index (χ4v) is 4.28. The second kappa shape index (κ2) is 14.7. The summed E-state index contributed by atoms with van der Waals surface area (Å²) in [5.74, 6) is 0.892. The normalized spacial score (nSPS) is 12.3. The molecular formula is C20H44OSi. The van der Waals surface area contributed by atoms with E-state index in [2.05, 4.69) is 26.9 Å². The molecule has 0 N–H and O–H groups in total. The van der Waals surface area contributed by atoms with Crippen LogP contribution in [0.15, 0.2) is 0 Å². The highest BCUT2D eigenvalue weighted by Crippen LogP contribution is 2.17. The maximum atomic E-state index is 5.60. The fourth-order valence-electron chi connectivity index (χ4n) is 2.97. The molecular weight excluding hydrogens is 284 g/mol. The molecule has 0 fully saturated rings. The minimum atomic E-state index is -1.28. The molecule has 0 unspecified atom stereocenters. The topological polar surface area (TPSA) is 9.23 Å². The van der Waals surface area contributed by atoms with Crippen molar-refractivity contribution in [2.24, 2.45) is 5.92 Å². The van der Waals surface area contributed by atoms with E-state index in [4.69, 9.17) is 4.43 Å². The van der Waals surface area contributed by atoms with E-state index in [0.717, 1.165) is 5.92 Å². The third-order valence-electron chi connectivity index (χ3n) is 4.86. The zero-order valence-corrected chi connectivity index (χ0v) is 17.4. The van der Waals surface area contributed by atoms with E-state index >= 15 is 0 Å². The van der Waals surface area contributed by atoms with Gasteiger partial charge in [0.2, 0.25) is 0 Å². The predicted octanol–water partition coefficient (Wildman–Crippen LogP) is 7.57. The van der Waals surface area contributed by atoms with Gasteiger partial charge < -0.3 is 4.43 Å². The van der Waals surface area contributed by atoms with Crippen LogP contribution >= 0.6 is 0 Å². The van der Waals surface area contributed by atoms with Crippen LogP contribution < -0.4 is 0 Å². The van der Waals surface area contributed by atoms with Gasteiger partial charge in [0.15, 0.2) is 8.32 Å². The molecule has 0 radical (unpaired) electrons. The van der Waals surface area contributed by atoms with Crippen LogP contribution in [0, 0.1) is 5.92 Å². The van der Waals surface area contributed by atoms with Crippen LogP contribution in [0.1, 0.15) is 97.3 Å². The van der Waals surface area contributed by atoms with E-state index < -0.39 is 8.32 Å². The molecule has 1 nitrogen and oxygen atoms in total. The van der Waals surface area contributed by atoms with Gasteiger partial charge in [-0.25, -0.2) is 0 Å². The predicted molar refractivity (Wildman–Crippen MR) is 104 cm³/mol. The Hall–Kier alpha value is 0.177. The lowest BCUT2D eigenvalue weighted by Gasteiger charge is -2.19. The number of rotatable bonds is 16. The summed E-state index contributed by atoms with van der Waals surface area (Å²) < 4.78 is 5.60. The molecule has 0 aliphatic heterocycles. The first-order valence-electron chi connectivity index (χ1n) is 10.0. The summed E-state index contributed by atoms with van der Waals surface area (Å²) in [7, 11) is 0.602. The molecule has 0 saturated heterocycles. The molecule has 0 saturated carbocycles. The SMILES string of the molecule is CO[Si](C)(C)CCCCCCCCCCCCCCC(C)C. The van der Waals surface area contributed by atoms with Gasteiger partial charge in [-0.15, -0.1) is 0 Å². The Morgan fingerprint density at radius 3 is 1.36 bits per heavy atom. The van der Waals surface area contributed by atoms with Gasteiger partial charge in [0.25, 0.3) is 0 Å². The average Bonchev–Trinajstić information content (AvgIpc) is 2.47. The van der Waals surface area contributed by atoms with Gasteiger partial charge in [0, 0.05) is 7.11 Å². The first-order valence-corrected chi connectivity index (χ1v) is 13.1. The lowest BCUT2D eigenvalue weighted by atomic mass is 10.0. The summed E-state index contributed by atoms with van der Waals surface area (Å²) in [6.45, 7) is 9.33. The Kier molecular flexibility index (Phi) is 14.9. The smallest absolute Gasteiger partial charge is 0.186 e. The van der Waals surface area contributed by atoms with E-state index in [1.165, 1.54) is 89.5 Å². The zero-order chi connectivity index (χ0) is 16.7. The van der Waals surface area contributed by atoms with Crippen LogP contribution in [0.2, 0.25) is 19.1 Å². The molecule has 2 heteroatoms. The van der Waals surface area contributed by atoms with Gasteiger partial charge in [-0.1, -0.05) is 97.3 Å². The summed E-state index contributed by atoms with van der Waals surface area (Å²) >= 11 is 0. The quantitative estimate of drug-likeness (QED) is 0.210. The second-order valence-electron chi connectivity index (χ2n) is 8.14. The van der Waals surface area contributed by atoms with E-state index in [9.17, 15) is 0 Å². The molecule has 0 aliphatic rings. The minimum Gasteiger partial charge on any atom is -0.420 e. The minimum absolute atomic E-state index is 0.892. The zero-order valence-electron chi connectivity index (χ0n) is 16.4. The van der Waals surface area contributed by atoms with Gasteiger partial charge in [-0.3, -0.25) is 0 Å². The third kappa shape index (κ3) is 16.5. The summed E-state index contributed by atoms with van der Waals surface area (Å²) in [6.07, 6.45) is 18.8. The van der Waals surface area contributed by atoms with E-state index in [0.29, 0.717) is 0 Å². The van der Waals surface area contributed by atoms with Gasteiger partial charge >= 0.3 is 0 Å². The van der Waals surface area contributed by atoms with Crippen molar-refractivity contribution in [3.63, 3.8) is 0 Å². The second-order valence-corrected chi connectivity index (χ2v) is 12.6. The van der Waals surface area contributed by atoms with E-state index in [1.807, 2.05) is 7.11 Å². The molecule has 0 rings (SSSR count). The first kappa shape index (κ1) is 22.2. The van der Waals surface area contributed by atoms with Gasteiger partial charge in [0.1, 0.15) is 0 Å². The lowest BCUT2D eigenvalue weighted by Crippen LogP contribution is -2.27. The maximum absolute atomic E-state index is 5.60. The lowest BCUT2D eigenvalue weighted by molar-refractivity contribution is 0.400. The highest BCUT2D eigenvalue weighted by molar-refractivity contribution is 6.71. The standard InChI is InChI=1S/C20H44OSi/c1-20(2)18-16-14-12-10-8-6-7-9-11-13-15-17-19-22(4,5)21-3/h20H,6-19H2,1-5H3. The summed E-state index contributed by atoms with van der Waals surface area (Å²) in [6, 6.07) is 1.33. The van der Waals surface area contributed by atoms with Crippen LogP contribution in [0.5, 0.6) is 0 Å². The van der Waals surface area contributed by atoms with E-state index in [-0.39, 0.29) is 0 Å². The van der Waals surface area contributed by atoms with Crippen LogP contribution in [0.25, 0.3) is 0 Å². The highest BCUT2D eigenvalue weighted by atomic mass is 28.4. The summed E-state index contributed by atoms with van der Waals surface area (Å²) in [5, 5.41) is 0.